The molecule has 0 radical (unpaired) electrons. The van der Waals surface area contributed by atoms with Gasteiger partial charge in [-0.05, 0) is 38.8 Å². The van der Waals surface area contributed by atoms with Crippen molar-refractivity contribution in [3.63, 3.8) is 0 Å². The maximum atomic E-state index is 6.27. The van der Waals surface area contributed by atoms with E-state index in [1.165, 1.54) is 12.0 Å². The lowest BCUT2D eigenvalue weighted by Crippen LogP contribution is -2.30. The maximum Gasteiger partial charge on any atom is 0.124 e. The summed E-state index contributed by atoms with van der Waals surface area (Å²) in [5.74, 6) is 1.02. The van der Waals surface area contributed by atoms with Gasteiger partial charge in [-0.3, -0.25) is 0 Å². The molecule has 1 aromatic carbocycles. The van der Waals surface area contributed by atoms with Crippen molar-refractivity contribution in [2.45, 2.75) is 57.8 Å². The number of hydrogen-bond acceptors (Lipinski definition) is 3. The summed E-state index contributed by atoms with van der Waals surface area (Å²) in [6, 6.07) is 8.68. The van der Waals surface area contributed by atoms with Crippen molar-refractivity contribution in [1.82, 2.24) is 5.32 Å². The largest absolute Gasteiger partial charge is 0.490 e. The molecule has 3 atom stereocenters. The standard InChI is InChI=1S/C17H27NO2/c1-4-18-13(2)16-10-5-6-11-17(16)20-15-9-7-8-14(12-15)19-3/h5-6,10-11,13-15,18H,4,7-9,12H2,1-3H3. The van der Waals surface area contributed by atoms with E-state index in [2.05, 4.69) is 37.4 Å². The molecule has 1 saturated carbocycles. The Hall–Kier alpha value is -1.06. The highest BCUT2D eigenvalue weighted by Gasteiger charge is 2.24. The van der Waals surface area contributed by atoms with Gasteiger partial charge in [-0.25, -0.2) is 0 Å². The minimum absolute atomic E-state index is 0.281. The van der Waals surface area contributed by atoms with Gasteiger partial charge >= 0.3 is 0 Å². The van der Waals surface area contributed by atoms with Crippen molar-refractivity contribution in [3.05, 3.63) is 29.8 Å². The highest BCUT2D eigenvalue weighted by atomic mass is 16.5. The van der Waals surface area contributed by atoms with Gasteiger partial charge in [0.2, 0.25) is 0 Å². The molecule has 0 amide bonds. The first kappa shape index (κ1) is 15.3. The summed E-state index contributed by atoms with van der Waals surface area (Å²) in [5.41, 5.74) is 1.24. The topological polar surface area (TPSA) is 30.5 Å². The van der Waals surface area contributed by atoms with Gasteiger partial charge in [0, 0.05) is 25.1 Å². The van der Waals surface area contributed by atoms with Gasteiger partial charge < -0.3 is 14.8 Å². The number of ether oxygens (including phenoxy) is 2. The Morgan fingerprint density at radius 1 is 1.25 bits per heavy atom. The van der Waals surface area contributed by atoms with Crippen LogP contribution in [0.1, 0.15) is 51.1 Å². The summed E-state index contributed by atoms with van der Waals surface area (Å²) < 4.78 is 11.7. The van der Waals surface area contributed by atoms with Crippen LogP contribution in [0.5, 0.6) is 5.75 Å². The monoisotopic (exact) mass is 277 g/mol. The molecule has 2 rings (SSSR count). The van der Waals surface area contributed by atoms with Crippen molar-refractivity contribution in [2.75, 3.05) is 13.7 Å². The van der Waals surface area contributed by atoms with E-state index < -0.39 is 0 Å². The fraction of sp³-hybridized carbons (Fsp3) is 0.647. The van der Waals surface area contributed by atoms with Crippen LogP contribution in [0.3, 0.4) is 0 Å². The van der Waals surface area contributed by atoms with Crippen molar-refractivity contribution >= 4 is 0 Å². The lowest BCUT2D eigenvalue weighted by molar-refractivity contribution is 0.0205. The predicted molar refractivity (Wildman–Crippen MR) is 82.2 cm³/mol. The lowest BCUT2D eigenvalue weighted by atomic mass is 9.94. The van der Waals surface area contributed by atoms with Crippen LogP contribution in [-0.4, -0.2) is 25.9 Å². The fourth-order valence-corrected chi connectivity index (χ4v) is 2.96. The highest BCUT2D eigenvalue weighted by Crippen LogP contribution is 2.30. The molecule has 0 heterocycles. The molecule has 1 N–H and O–H groups in total. The smallest absolute Gasteiger partial charge is 0.124 e. The first-order valence-corrected chi connectivity index (χ1v) is 7.76. The summed E-state index contributed by atoms with van der Waals surface area (Å²) in [5, 5.41) is 3.45. The van der Waals surface area contributed by atoms with Gasteiger partial charge in [-0.2, -0.15) is 0 Å². The van der Waals surface area contributed by atoms with Gasteiger partial charge in [0.15, 0.2) is 0 Å². The second-order valence-electron chi connectivity index (χ2n) is 5.58. The van der Waals surface area contributed by atoms with E-state index in [-0.39, 0.29) is 6.10 Å². The van der Waals surface area contributed by atoms with Crippen LogP contribution in [0.4, 0.5) is 0 Å². The number of nitrogens with one attached hydrogen (secondary N) is 1. The van der Waals surface area contributed by atoms with Crippen LogP contribution < -0.4 is 10.1 Å². The second kappa shape index (κ2) is 7.65. The second-order valence-corrected chi connectivity index (χ2v) is 5.58. The van der Waals surface area contributed by atoms with Gasteiger partial charge in [0.1, 0.15) is 11.9 Å². The lowest BCUT2D eigenvalue weighted by Gasteiger charge is -2.30. The Morgan fingerprint density at radius 2 is 2.00 bits per heavy atom. The molecule has 1 aliphatic rings. The average molecular weight is 277 g/mol. The van der Waals surface area contributed by atoms with Crippen LogP contribution in [-0.2, 0) is 4.74 Å². The molecule has 0 spiro atoms. The molecule has 20 heavy (non-hydrogen) atoms. The first-order valence-electron chi connectivity index (χ1n) is 7.76. The molecule has 0 aliphatic heterocycles. The Balaban J connectivity index is 2.05. The molecule has 112 valence electrons. The van der Waals surface area contributed by atoms with Crippen LogP contribution in [0.15, 0.2) is 24.3 Å². The third-order valence-corrected chi connectivity index (χ3v) is 4.10. The molecule has 3 heteroatoms. The minimum atomic E-state index is 0.281. The van der Waals surface area contributed by atoms with Crippen molar-refractivity contribution in [2.24, 2.45) is 0 Å². The number of benzene rings is 1. The maximum absolute atomic E-state index is 6.27. The zero-order chi connectivity index (χ0) is 14.4. The van der Waals surface area contributed by atoms with E-state index >= 15 is 0 Å². The number of methoxy groups -OCH3 is 1. The normalized spacial score (nSPS) is 24.4. The summed E-state index contributed by atoms with van der Waals surface area (Å²) >= 11 is 0. The average Bonchev–Trinajstić information content (AvgIpc) is 2.48. The molecule has 1 fully saturated rings. The van der Waals surface area contributed by atoms with E-state index in [9.17, 15) is 0 Å². The summed E-state index contributed by atoms with van der Waals surface area (Å²) in [7, 11) is 1.80. The predicted octanol–water partition coefficient (Wildman–Crippen LogP) is 3.69. The van der Waals surface area contributed by atoms with Crippen molar-refractivity contribution in [1.29, 1.82) is 0 Å². The Labute approximate surface area is 122 Å². The van der Waals surface area contributed by atoms with Crippen LogP contribution in [0, 0.1) is 0 Å². The van der Waals surface area contributed by atoms with Gasteiger partial charge in [-0.1, -0.05) is 25.1 Å². The van der Waals surface area contributed by atoms with E-state index in [0.29, 0.717) is 12.1 Å². The van der Waals surface area contributed by atoms with Crippen LogP contribution >= 0.6 is 0 Å². The Bertz CT molecular complexity index is 408. The van der Waals surface area contributed by atoms with Gasteiger partial charge in [0.25, 0.3) is 0 Å². The third-order valence-electron chi connectivity index (χ3n) is 4.10. The van der Waals surface area contributed by atoms with Gasteiger partial charge in [0.05, 0.1) is 6.10 Å². The molecule has 3 nitrogen and oxygen atoms in total. The highest BCUT2D eigenvalue weighted by molar-refractivity contribution is 5.35. The SMILES string of the molecule is CCNC(C)c1ccccc1OC1CCCC(OC)C1. The Morgan fingerprint density at radius 3 is 2.75 bits per heavy atom. The zero-order valence-electron chi connectivity index (χ0n) is 12.9. The van der Waals surface area contributed by atoms with E-state index in [0.717, 1.165) is 31.6 Å². The van der Waals surface area contributed by atoms with Crippen molar-refractivity contribution in [3.8, 4) is 5.75 Å². The number of para-hydroxylation sites is 1. The molecule has 3 unspecified atom stereocenters. The summed E-state index contributed by atoms with van der Waals surface area (Å²) in [6.07, 6.45) is 5.11. The summed E-state index contributed by atoms with van der Waals surface area (Å²) in [4.78, 5) is 0. The molecule has 0 aromatic heterocycles. The molecule has 0 bridgehead atoms. The zero-order valence-corrected chi connectivity index (χ0v) is 12.9. The molecule has 1 aliphatic carbocycles. The minimum Gasteiger partial charge on any atom is -0.490 e. The van der Waals surface area contributed by atoms with Gasteiger partial charge in [-0.15, -0.1) is 0 Å². The van der Waals surface area contributed by atoms with E-state index in [1.807, 2.05) is 6.07 Å². The molecular weight excluding hydrogens is 250 g/mol. The summed E-state index contributed by atoms with van der Waals surface area (Å²) in [6.45, 7) is 5.28. The van der Waals surface area contributed by atoms with Crippen molar-refractivity contribution < 1.29 is 9.47 Å². The number of hydrogen-bond donors (Lipinski definition) is 1. The Kier molecular flexibility index (Phi) is 5.86. The first-order chi connectivity index (χ1) is 9.74. The molecular formula is C17H27NO2. The quantitative estimate of drug-likeness (QED) is 0.860. The van der Waals surface area contributed by atoms with E-state index in [4.69, 9.17) is 9.47 Å². The third kappa shape index (κ3) is 3.97. The molecule has 1 aromatic rings. The van der Waals surface area contributed by atoms with Crippen LogP contribution in [0.2, 0.25) is 0 Å². The van der Waals surface area contributed by atoms with E-state index in [1.54, 1.807) is 7.11 Å². The van der Waals surface area contributed by atoms with Crippen LogP contribution in [0.25, 0.3) is 0 Å². The fourth-order valence-electron chi connectivity index (χ4n) is 2.96. The number of rotatable bonds is 6. The molecule has 0 saturated heterocycles.